The Morgan fingerprint density at radius 3 is 2.68 bits per heavy atom. The maximum atomic E-state index is 5.37. The summed E-state index contributed by atoms with van der Waals surface area (Å²) >= 11 is 0. The molecule has 1 aliphatic heterocycles. The Bertz CT molecular complexity index is 880. The van der Waals surface area contributed by atoms with Gasteiger partial charge in [0, 0.05) is 30.3 Å². The summed E-state index contributed by atoms with van der Waals surface area (Å²) < 4.78 is 5.37. The van der Waals surface area contributed by atoms with Crippen LogP contribution in [0.15, 0.2) is 29.0 Å². The molecule has 6 nitrogen and oxygen atoms in total. The SMILES string of the molecule is Cc1cccc2c(N3CCC(c4noc(C(C)C)n4)CC3)ncnc12. The van der Waals surface area contributed by atoms with Crippen molar-refractivity contribution in [3.63, 3.8) is 0 Å². The molecular formula is C19H23N5O. The van der Waals surface area contributed by atoms with Gasteiger partial charge in [-0.15, -0.1) is 0 Å². The van der Waals surface area contributed by atoms with E-state index in [0.29, 0.717) is 5.92 Å². The highest BCUT2D eigenvalue weighted by atomic mass is 16.5. The number of aryl methyl sites for hydroxylation is 1. The number of para-hydroxylation sites is 1. The van der Waals surface area contributed by atoms with Crippen molar-refractivity contribution in [3.8, 4) is 0 Å². The predicted octanol–water partition coefficient (Wildman–Crippen LogP) is 3.83. The van der Waals surface area contributed by atoms with E-state index in [4.69, 9.17) is 4.52 Å². The number of aromatic nitrogens is 4. The van der Waals surface area contributed by atoms with Crippen molar-refractivity contribution in [3.05, 3.63) is 41.8 Å². The molecule has 0 atom stereocenters. The van der Waals surface area contributed by atoms with Crippen molar-refractivity contribution in [2.45, 2.75) is 45.4 Å². The molecular weight excluding hydrogens is 314 g/mol. The van der Waals surface area contributed by atoms with Gasteiger partial charge in [0.1, 0.15) is 12.1 Å². The second kappa shape index (κ2) is 6.43. The Balaban J connectivity index is 1.53. The first-order valence-electron chi connectivity index (χ1n) is 8.92. The van der Waals surface area contributed by atoms with E-state index in [1.54, 1.807) is 6.33 Å². The largest absolute Gasteiger partial charge is 0.356 e. The molecule has 0 saturated carbocycles. The van der Waals surface area contributed by atoms with Gasteiger partial charge in [0.2, 0.25) is 5.89 Å². The highest BCUT2D eigenvalue weighted by Gasteiger charge is 2.26. The molecule has 0 aliphatic carbocycles. The lowest BCUT2D eigenvalue weighted by molar-refractivity contribution is 0.353. The second-order valence-corrected chi connectivity index (χ2v) is 7.08. The standard InChI is InChI=1S/C19H23N5O/c1-12(2)19-22-17(23-25-19)14-7-9-24(10-8-14)18-15-6-4-5-13(3)16(15)20-11-21-18/h4-6,11-12,14H,7-10H2,1-3H3. The quantitative estimate of drug-likeness (QED) is 0.723. The number of anilines is 1. The monoisotopic (exact) mass is 337 g/mol. The van der Waals surface area contributed by atoms with Gasteiger partial charge < -0.3 is 9.42 Å². The zero-order valence-corrected chi connectivity index (χ0v) is 14.9. The molecule has 0 amide bonds. The van der Waals surface area contributed by atoms with Crippen LogP contribution in [0, 0.1) is 6.92 Å². The summed E-state index contributed by atoms with van der Waals surface area (Å²) in [5.41, 5.74) is 2.22. The summed E-state index contributed by atoms with van der Waals surface area (Å²) in [7, 11) is 0. The lowest BCUT2D eigenvalue weighted by atomic mass is 9.96. The molecule has 130 valence electrons. The molecule has 3 heterocycles. The summed E-state index contributed by atoms with van der Waals surface area (Å²) in [6.07, 6.45) is 3.69. The van der Waals surface area contributed by atoms with Crippen LogP contribution >= 0.6 is 0 Å². The number of piperidine rings is 1. The third-order valence-corrected chi connectivity index (χ3v) is 4.96. The molecule has 2 aromatic heterocycles. The second-order valence-electron chi connectivity index (χ2n) is 7.08. The zero-order chi connectivity index (χ0) is 17.4. The summed E-state index contributed by atoms with van der Waals surface area (Å²) in [5.74, 6) is 3.25. The zero-order valence-electron chi connectivity index (χ0n) is 14.9. The van der Waals surface area contributed by atoms with Crippen LogP contribution in [-0.2, 0) is 0 Å². The van der Waals surface area contributed by atoms with Crippen molar-refractivity contribution >= 4 is 16.7 Å². The Morgan fingerprint density at radius 2 is 1.96 bits per heavy atom. The van der Waals surface area contributed by atoms with E-state index in [1.165, 1.54) is 5.56 Å². The smallest absolute Gasteiger partial charge is 0.229 e. The van der Waals surface area contributed by atoms with Crippen LogP contribution in [0.25, 0.3) is 10.9 Å². The van der Waals surface area contributed by atoms with Crippen molar-refractivity contribution in [1.29, 1.82) is 0 Å². The first-order chi connectivity index (χ1) is 12.1. The highest BCUT2D eigenvalue weighted by molar-refractivity contribution is 5.91. The molecule has 0 radical (unpaired) electrons. The lowest BCUT2D eigenvalue weighted by Crippen LogP contribution is -2.34. The molecule has 1 aliphatic rings. The van der Waals surface area contributed by atoms with Gasteiger partial charge in [-0.3, -0.25) is 0 Å². The molecule has 0 N–H and O–H groups in total. The highest BCUT2D eigenvalue weighted by Crippen LogP contribution is 2.32. The lowest BCUT2D eigenvalue weighted by Gasteiger charge is -2.32. The van der Waals surface area contributed by atoms with Crippen LogP contribution in [0.4, 0.5) is 5.82 Å². The fourth-order valence-corrected chi connectivity index (χ4v) is 3.47. The molecule has 25 heavy (non-hydrogen) atoms. The molecule has 0 unspecified atom stereocenters. The summed E-state index contributed by atoms with van der Waals surface area (Å²) in [5, 5.41) is 5.32. The number of hydrogen-bond acceptors (Lipinski definition) is 6. The number of benzene rings is 1. The Morgan fingerprint density at radius 1 is 1.16 bits per heavy atom. The van der Waals surface area contributed by atoms with E-state index < -0.39 is 0 Å². The van der Waals surface area contributed by atoms with Crippen molar-refractivity contribution in [1.82, 2.24) is 20.1 Å². The summed E-state index contributed by atoms with van der Waals surface area (Å²) in [6, 6.07) is 6.27. The topological polar surface area (TPSA) is 67.9 Å². The molecule has 0 bridgehead atoms. The first kappa shape index (κ1) is 16.0. The average molecular weight is 337 g/mol. The fourth-order valence-electron chi connectivity index (χ4n) is 3.47. The number of fused-ring (bicyclic) bond motifs is 1. The van der Waals surface area contributed by atoms with Gasteiger partial charge in [-0.2, -0.15) is 4.98 Å². The van der Waals surface area contributed by atoms with Gasteiger partial charge >= 0.3 is 0 Å². The van der Waals surface area contributed by atoms with Gasteiger partial charge in [0.25, 0.3) is 0 Å². The van der Waals surface area contributed by atoms with E-state index in [0.717, 1.165) is 54.4 Å². The maximum Gasteiger partial charge on any atom is 0.229 e. The van der Waals surface area contributed by atoms with Gasteiger partial charge in [-0.25, -0.2) is 9.97 Å². The maximum absolute atomic E-state index is 5.37. The Labute approximate surface area is 147 Å². The van der Waals surface area contributed by atoms with Crippen molar-refractivity contribution in [2.75, 3.05) is 18.0 Å². The minimum absolute atomic E-state index is 0.275. The third-order valence-electron chi connectivity index (χ3n) is 4.96. The minimum atomic E-state index is 0.275. The van der Waals surface area contributed by atoms with Crippen LogP contribution in [-0.4, -0.2) is 33.2 Å². The van der Waals surface area contributed by atoms with Crippen LogP contribution in [0.1, 0.15) is 55.8 Å². The van der Waals surface area contributed by atoms with Crippen LogP contribution in [0.3, 0.4) is 0 Å². The van der Waals surface area contributed by atoms with E-state index in [9.17, 15) is 0 Å². The Hall–Kier alpha value is -2.50. The summed E-state index contributed by atoms with van der Waals surface area (Å²) in [6.45, 7) is 8.12. The molecule has 0 spiro atoms. The van der Waals surface area contributed by atoms with E-state index >= 15 is 0 Å². The summed E-state index contributed by atoms with van der Waals surface area (Å²) in [4.78, 5) is 15.9. The van der Waals surface area contributed by atoms with Crippen molar-refractivity contribution in [2.24, 2.45) is 0 Å². The average Bonchev–Trinajstić information content (AvgIpc) is 3.12. The number of hydrogen-bond donors (Lipinski definition) is 0. The predicted molar refractivity (Wildman–Crippen MR) is 96.9 cm³/mol. The number of nitrogens with zero attached hydrogens (tertiary/aromatic N) is 5. The van der Waals surface area contributed by atoms with Crippen molar-refractivity contribution < 1.29 is 4.52 Å². The first-order valence-corrected chi connectivity index (χ1v) is 8.92. The van der Waals surface area contributed by atoms with Gasteiger partial charge in [0.15, 0.2) is 5.82 Å². The van der Waals surface area contributed by atoms with Gasteiger partial charge in [-0.05, 0) is 31.4 Å². The Kier molecular flexibility index (Phi) is 4.11. The van der Waals surface area contributed by atoms with E-state index in [1.807, 2.05) is 0 Å². The minimum Gasteiger partial charge on any atom is -0.356 e. The number of rotatable bonds is 3. The molecule has 1 saturated heterocycles. The molecule has 3 aromatic rings. The molecule has 1 fully saturated rings. The van der Waals surface area contributed by atoms with Crippen LogP contribution in [0.2, 0.25) is 0 Å². The molecule has 6 heteroatoms. The normalized spacial score (nSPS) is 16.1. The molecule has 1 aromatic carbocycles. The van der Waals surface area contributed by atoms with Gasteiger partial charge in [-0.1, -0.05) is 31.1 Å². The third kappa shape index (κ3) is 2.97. The van der Waals surface area contributed by atoms with E-state index in [2.05, 4.69) is 64.0 Å². The van der Waals surface area contributed by atoms with Crippen LogP contribution < -0.4 is 4.90 Å². The van der Waals surface area contributed by atoms with Gasteiger partial charge in [0.05, 0.1) is 5.52 Å². The van der Waals surface area contributed by atoms with E-state index in [-0.39, 0.29) is 5.92 Å². The molecule has 4 rings (SSSR count). The van der Waals surface area contributed by atoms with Crippen LogP contribution in [0.5, 0.6) is 0 Å². The fraction of sp³-hybridized carbons (Fsp3) is 0.474.